The molecule has 1 amide bonds. The van der Waals surface area contributed by atoms with Crippen molar-refractivity contribution < 1.29 is 33.8 Å². The first-order chi connectivity index (χ1) is 25.9. The van der Waals surface area contributed by atoms with Crippen LogP contribution in [-0.4, -0.2) is 48.2 Å². The van der Waals surface area contributed by atoms with Crippen molar-refractivity contribution in [3.05, 3.63) is 0 Å². The topological polar surface area (TPSA) is 119 Å². The predicted octanol–water partition coefficient (Wildman–Crippen LogP) is 12.7. The molecule has 0 aliphatic rings. The Hall–Kier alpha value is -2.12. The maximum Gasteiger partial charge on any atom is 0.329 e. The summed E-state index contributed by atoms with van der Waals surface area (Å²) in [5.74, 6) is -2.63. The molecule has 0 saturated carbocycles. The van der Waals surface area contributed by atoms with E-state index in [9.17, 15) is 19.2 Å². The quantitative estimate of drug-likeness (QED) is 0.0471. The second-order valence-corrected chi connectivity index (χ2v) is 15.6. The van der Waals surface area contributed by atoms with E-state index in [-0.39, 0.29) is 32.3 Å². The van der Waals surface area contributed by atoms with E-state index in [1.807, 2.05) is 0 Å². The van der Waals surface area contributed by atoms with Crippen LogP contribution in [0.3, 0.4) is 0 Å². The van der Waals surface area contributed by atoms with Gasteiger partial charge in [-0.25, -0.2) is 4.79 Å². The smallest absolute Gasteiger partial charge is 0.329 e. The molecule has 0 aromatic carbocycles. The van der Waals surface area contributed by atoms with E-state index in [1.54, 1.807) is 0 Å². The fourth-order valence-electron chi connectivity index (χ4n) is 6.85. The molecule has 0 aliphatic heterocycles. The molecule has 0 radical (unpaired) electrons. The van der Waals surface area contributed by atoms with Gasteiger partial charge in [-0.15, -0.1) is 0 Å². The number of aliphatic carboxylic acids is 1. The van der Waals surface area contributed by atoms with E-state index >= 15 is 0 Å². The van der Waals surface area contributed by atoms with Gasteiger partial charge in [-0.2, -0.15) is 0 Å². The Morgan fingerprint density at radius 1 is 0.434 bits per heavy atom. The number of carbonyl (C=O) groups excluding carboxylic acids is 3. The highest BCUT2D eigenvalue weighted by molar-refractivity contribution is 5.88. The molecule has 0 aliphatic carbocycles. The fourth-order valence-corrected chi connectivity index (χ4v) is 6.85. The van der Waals surface area contributed by atoms with Crippen LogP contribution in [0.1, 0.15) is 245 Å². The Morgan fingerprint density at radius 3 is 1.09 bits per heavy atom. The number of nitrogens with one attached hydrogen (secondary N) is 1. The monoisotopic (exact) mass is 752 g/mol. The highest BCUT2D eigenvalue weighted by atomic mass is 16.5. The van der Waals surface area contributed by atoms with Gasteiger partial charge >= 0.3 is 17.9 Å². The largest absolute Gasteiger partial charge is 0.481 e. The number of hydrogen-bond donors (Lipinski definition) is 2. The summed E-state index contributed by atoms with van der Waals surface area (Å²) in [5.41, 5.74) is 0. The lowest BCUT2D eigenvalue weighted by atomic mass is 10.0. The summed E-state index contributed by atoms with van der Waals surface area (Å²) in [7, 11) is 0. The summed E-state index contributed by atoms with van der Waals surface area (Å²) in [6.07, 6.45) is 40.2. The molecule has 312 valence electrons. The van der Waals surface area contributed by atoms with Crippen LogP contribution >= 0.6 is 0 Å². The zero-order chi connectivity index (χ0) is 38.9. The van der Waals surface area contributed by atoms with Gasteiger partial charge in [-0.05, 0) is 19.3 Å². The van der Waals surface area contributed by atoms with E-state index in [0.717, 1.165) is 38.5 Å². The standard InChI is InChI=1S/C45H85NO7/c1-3-5-7-9-11-13-15-17-19-21-23-25-27-29-31-33-38-52-44(50)40-41(46-42(47)36-35-37-43(48)49)45(51)53-39-34-32-30-28-26-24-22-20-18-16-14-12-10-8-6-4-2/h41H,3-40H2,1-2H3,(H,46,47)(H,48,49)/t41-/m0/s1. The lowest BCUT2D eigenvalue weighted by molar-refractivity contribution is -0.154. The zero-order valence-electron chi connectivity index (χ0n) is 34.8. The Kier molecular flexibility index (Phi) is 39.4. The third-order valence-corrected chi connectivity index (χ3v) is 10.3. The number of amides is 1. The fraction of sp³-hybridized carbons (Fsp3) is 0.911. The van der Waals surface area contributed by atoms with Gasteiger partial charge in [0.25, 0.3) is 0 Å². The average Bonchev–Trinajstić information content (AvgIpc) is 3.13. The van der Waals surface area contributed by atoms with Gasteiger partial charge < -0.3 is 19.9 Å². The van der Waals surface area contributed by atoms with Gasteiger partial charge in [0.05, 0.1) is 19.6 Å². The molecule has 0 aromatic rings. The number of carboxylic acids is 1. The number of unbranched alkanes of at least 4 members (excludes halogenated alkanes) is 30. The van der Waals surface area contributed by atoms with E-state index in [2.05, 4.69) is 19.2 Å². The van der Waals surface area contributed by atoms with Crippen molar-refractivity contribution in [3.63, 3.8) is 0 Å². The molecule has 8 nitrogen and oxygen atoms in total. The second kappa shape index (κ2) is 41.1. The lowest BCUT2D eigenvalue weighted by Gasteiger charge is -2.17. The molecule has 2 N–H and O–H groups in total. The summed E-state index contributed by atoms with van der Waals surface area (Å²) in [4.78, 5) is 48.7. The first-order valence-corrected chi connectivity index (χ1v) is 22.7. The number of esters is 2. The second-order valence-electron chi connectivity index (χ2n) is 15.6. The summed E-state index contributed by atoms with van der Waals surface area (Å²) >= 11 is 0. The first kappa shape index (κ1) is 50.9. The van der Waals surface area contributed by atoms with Crippen LogP contribution in [0.2, 0.25) is 0 Å². The summed E-state index contributed by atoms with van der Waals surface area (Å²) in [6, 6.07) is -1.13. The highest BCUT2D eigenvalue weighted by Gasteiger charge is 2.26. The molecule has 0 aromatic heterocycles. The maximum atomic E-state index is 12.9. The Labute approximate surface area is 326 Å². The van der Waals surface area contributed by atoms with Crippen molar-refractivity contribution in [2.45, 2.75) is 251 Å². The van der Waals surface area contributed by atoms with Crippen molar-refractivity contribution in [3.8, 4) is 0 Å². The molecule has 0 fully saturated rings. The third-order valence-electron chi connectivity index (χ3n) is 10.3. The molecule has 1 atom stereocenters. The van der Waals surface area contributed by atoms with Crippen molar-refractivity contribution in [2.75, 3.05) is 13.2 Å². The minimum atomic E-state index is -1.13. The van der Waals surface area contributed by atoms with Gasteiger partial charge in [-0.3, -0.25) is 14.4 Å². The van der Waals surface area contributed by atoms with E-state index in [1.165, 1.54) is 167 Å². The molecule has 8 heteroatoms. The molecule has 53 heavy (non-hydrogen) atoms. The van der Waals surface area contributed by atoms with E-state index in [0.29, 0.717) is 6.61 Å². The van der Waals surface area contributed by atoms with Crippen LogP contribution in [0.25, 0.3) is 0 Å². The van der Waals surface area contributed by atoms with Crippen LogP contribution in [0.5, 0.6) is 0 Å². The van der Waals surface area contributed by atoms with Gasteiger partial charge in [-0.1, -0.05) is 206 Å². The molecular formula is C45H85NO7. The van der Waals surface area contributed by atoms with Crippen LogP contribution in [0, 0.1) is 0 Å². The number of hydrogen-bond acceptors (Lipinski definition) is 6. The van der Waals surface area contributed by atoms with Crippen molar-refractivity contribution in [2.24, 2.45) is 0 Å². The third kappa shape index (κ3) is 39.4. The number of rotatable bonds is 42. The van der Waals surface area contributed by atoms with E-state index < -0.39 is 29.9 Å². The van der Waals surface area contributed by atoms with Crippen molar-refractivity contribution in [1.29, 1.82) is 0 Å². The van der Waals surface area contributed by atoms with Crippen molar-refractivity contribution >= 4 is 23.8 Å². The minimum Gasteiger partial charge on any atom is -0.481 e. The normalized spacial score (nSPS) is 11.7. The molecule has 0 rings (SSSR count). The Morgan fingerprint density at radius 2 is 0.755 bits per heavy atom. The predicted molar refractivity (Wildman–Crippen MR) is 219 cm³/mol. The van der Waals surface area contributed by atoms with Crippen LogP contribution < -0.4 is 5.32 Å². The van der Waals surface area contributed by atoms with Crippen LogP contribution in [-0.2, 0) is 28.7 Å². The Balaban J connectivity index is 4.07. The Bertz CT molecular complexity index is 849. The molecule has 0 bridgehead atoms. The van der Waals surface area contributed by atoms with Crippen molar-refractivity contribution in [1.82, 2.24) is 5.32 Å². The van der Waals surface area contributed by atoms with Gasteiger partial charge in [0, 0.05) is 12.8 Å². The minimum absolute atomic E-state index is 0.0382. The van der Waals surface area contributed by atoms with Gasteiger partial charge in [0.1, 0.15) is 6.04 Å². The number of carboxylic acid groups (broad SMARTS) is 1. The molecule has 0 heterocycles. The SMILES string of the molecule is CCCCCCCCCCCCCCCCCCOC(=O)C[C@H](NC(=O)CCCC(=O)O)C(=O)OCCCCCCCCCCCCCCCCCC. The molecular weight excluding hydrogens is 666 g/mol. The highest BCUT2D eigenvalue weighted by Crippen LogP contribution is 2.16. The molecule has 0 saturated heterocycles. The number of carbonyl (C=O) groups is 4. The lowest BCUT2D eigenvalue weighted by Crippen LogP contribution is -2.43. The average molecular weight is 752 g/mol. The summed E-state index contributed by atoms with van der Waals surface area (Å²) in [6.45, 7) is 5.07. The first-order valence-electron chi connectivity index (χ1n) is 22.7. The van der Waals surface area contributed by atoms with E-state index in [4.69, 9.17) is 14.6 Å². The summed E-state index contributed by atoms with van der Waals surface area (Å²) in [5, 5.41) is 11.4. The van der Waals surface area contributed by atoms with Gasteiger partial charge in [0.15, 0.2) is 0 Å². The zero-order valence-corrected chi connectivity index (χ0v) is 34.8. The van der Waals surface area contributed by atoms with Crippen LogP contribution in [0.15, 0.2) is 0 Å². The van der Waals surface area contributed by atoms with Crippen LogP contribution in [0.4, 0.5) is 0 Å². The summed E-state index contributed by atoms with van der Waals surface area (Å²) < 4.78 is 10.8. The molecule has 0 unspecified atom stereocenters. The molecule has 0 spiro atoms. The van der Waals surface area contributed by atoms with Gasteiger partial charge in [0.2, 0.25) is 5.91 Å². The maximum absolute atomic E-state index is 12.9. The number of ether oxygens (including phenoxy) is 2.